The Morgan fingerprint density at radius 3 is 2.35 bits per heavy atom. The summed E-state index contributed by atoms with van der Waals surface area (Å²) in [6.45, 7) is 4.86. The van der Waals surface area contributed by atoms with E-state index in [0.717, 1.165) is 11.3 Å². The second-order valence-electron chi connectivity index (χ2n) is 6.58. The highest BCUT2D eigenvalue weighted by Crippen LogP contribution is 2.30. The molecule has 2 heterocycles. The molecule has 1 aromatic carbocycles. The molecule has 0 aliphatic carbocycles. The van der Waals surface area contributed by atoms with Crippen molar-refractivity contribution >= 4 is 11.6 Å². The Morgan fingerprint density at radius 2 is 1.77 bits per heavy atom. The minimum absolute atomic E-state index is 0.0946. The zero-order valence-corrected chi connectivity index (χ0v) is 15.4. The Hall–Kier alpha value is -1.57. The van der Waals surface area contributed by atoms with E-state index in [0.29, 0.717) is 42.9 Å². The van der Waals surface area contributed by atoms with Crippen LogP contribution in [0.4, 0.5) is 13.2 Å². The van der Waals surface area contributed by atoms with Crippen molar-refractivity contribution in [2.75, 3.05) is 32.7 Å². The molecule has 0 radical (unpaired) electrons. The number of hydrogen-bond acceptors (Lipinski definition) is 4. The summed E-state index contributed by atoms with van der Waals surface area (Å²) in [5.41, 5.74) is 1.68. The molecule has 2 aromatic rings. The second-order valence-corrected chi connectivity index (χ2v) is 7.01. The Morgan fingerprint density at radius 1 is 1.15 bits per heavy atom. The van der Waals surface area contributed by atoms with Crippen LogP contribution in [0.2, 0.25) is 5.02 Å². The Kier molecular flexibility index (Phi) is 5.60. The van der Waals surface area contributed by atoms with Crippen molar-refractivity contribution in [1.29, 1.82) is 0 Å². The number of aryl methyl sites for hydroxylation is 1. The van der Waals surface area contributed by atoms with Crippen LogP contribution in [-0.4, -0.2) is 53.7 Å². The lowest BCUT2D eigenvalue weighted by Gasteiger charge is -2.37. The van der Waals surface area contributed by atoms with Crippen LogP contribution in [0.5, 0.6) is 0 Å². The van der Waals surface area contributed by atoms with E-state index in [1.54, 1.807) is 12.1 Å². The molecule has 1 aliphatic heterocycles. The lowest BCUT2D eigenvalue weighted by molar-refractivity contribution is -0.149. The average Bonchev–Trinajstić information content (AvgIpc) is 2.96. The first-order valence-corrected chi connectivity index (χ1v) is 8.87. The summed E-state index contributed by atoms with van der Waals surface area (Å²) in [6.07, 6.45) is -4.15. The quantitative estimate of drug-likeness (QED) is 0.770. The number of benzene rings is 1. The van der Waals surface area contributed by atoms with Gasteiger partial charge in [0.2, 0.25) is 5.89 Å². The highest BCUT2D eigenvalue weighted by molar-refractivity contribution is 6.30. The molecule has 3 rings (SSSR count). The molecule has 1 aliphatic rings. The minimum atomic E-state index is -4.15. The Balaban J connectivity index is 1.67. The lowest BCUT2D eigenvalue weighted by atomic mass is 10.1. The van der Waals surface area contributed by atoms with E-state index < -0.39 is 12.7 Å². The standard InChI is InChI=1S/C18H21ClF3N3O/c1-12-16(14-3-5-15(19)6-4-14)26-17(23-12)13(2)25-9-7-24(8-10-25)11-18(20,21)22/h3-6,13H,7-11H2,1-2H3. The molecule has 1 fully saturated rings. The fraction of sp³-hybridized carbons (Fsp3) is 0.500. The summed E-state index contributed by atoms with van der Waals surface area (Å²) >= 11 is 5.92. The minimum Gasteiger partial charge on any atom is -0.439 e. The van der Waals surface area contributed by atoms with Crippen LogP contribution in [0.3, 0.4) is 0 Å². The number of aromatic nitrogens is 1. The summed E-state index contributed by atoms with van der Waals surface area (Å²) in [7, 11) is 0. The van der Waals surface area contributed by atoms with Gasteiger partial charge < -0.3 is 4.42 Å². The molecular formula is C18H21ClF3N3O. The maximum atomic E-state index is 12.5. The third-order valence-corrected chi connectivity index (χ3v) is 4.89. The topological polar surface area (TPSA) is 32.5 Å². The van der Waals surface area contributed by atoms with Gasteiger partial charge in [-0.2, -0.15) is 13.2 Å². The van der Waals surface area contributed by atoms with Gasteiger partial charge in [0.25, 0.3) is 0 Å². The predicted octanol–water partition coefficient (Wildman–Crippen LogP) is 4.54. The number of rotatable bonds is 4. The van der Waals surface area contributed by atoms with E-state index in [4.69, 9.17) is 16.0 Å². The first-order valence-electron chi connectivity index (χ1n) is 8.49. The van der Waals surface area contributed by atoms with Gasteiger partial charge in [0, 0.05) is 36.8 Å². The largest absolute Gasteiger partial charge is 0.439 e. The summed E-state index contributed by atoms with van der Waals surface area (Å²) in [5, 5.41) is 0.649. The lowest BCUT2D eigenvalue weighted by Crippen LogP contribution is -2.49. The maximum absolute atomic E-state index is 12.5. The molecule has 1 atom stereocenters. The van der Waals surface area contributed by atoms with Crippen LogP contribution in [0, 0.1) is 6.92 Å². The Labute approximate surface area is 155 Å². The van der Waals surface area contributed by atoms with Gasteiger partial charge in [0.1, 0.15) is 0 Å². The van der Waals surface area contributed by atoms with Crippen molar-refractivity contribution in [1.82, 2.24) is 14.8 Å². The number of piperazine rings is 1. The summed E-state index contributed by atoms with van der Waals surface area (Å²) in [5.74, 6) is 1.27. The zero-order chi connectivity index (χ0) is 18.9. The molecule has 1 aromatic heterocycles. The van der Waals surface area contributed by atoms with Gasteiger partial charge in [0.05, 0.1) is 18.3 Å². The fourth-order valence-electron chi connectivity index (χ4n) is 3.18. The van der Waals surface area contributed by atoms with Gasteiger partial charge >= 0.3 is 6.18 Å². The monoisotopic (exact) mass is 387 g/mol. The zero-order valence-electron chi connectivity index (χ0n) is 14.7. The SMILES string of the molecule is Cc1nc(C(C)N2CCN(CC(F)(F)F)CC2)oc1-c1ccc(Cl)cc1. The number of oxazole rings is 1. The highest BCUT2D eigenvalue weighted by Gasteiger charge is 2.33. The molecule has 26 heavy (non-hydrogen) atoms. The third kappa shape index (κ3) is 4.58. The van der Waals surface area contributed by atoms with Crippen LogP contribution in [0.15, 0.2) is 28.7 Å². The smallest absolute Gasteiger partial charge is 0.401 e. The van der Waals surface area contributed by atoms with Crippen LogP contribution in [0.25, 0.3) is 11.3 Å². The fourth-order valence-corrected chi connectivity index (χ4v) is 3.31. The van der Waals surface area contributed by atoms with Gasteiger partial charge in [-0.25, -0.2) is 4.98 Å². The summed E-state index contributed by atoms with van der Waals surface area (Å²) < 4.78 is 43.5. The second kappa shape index (κ2) is 7.58. The summed E-state index contributed by atoms with van der Waals surface area (Å²) in [4.78, 5) is 8.06. The van der Waals surface area contributed by atoms with Crippen LogP contribution in [0.1, 0.15) is 24.6 Å². The molecule has 0 spiro atoms. The molecule has 0 saturated carbocycles. The van der Waals surface area contributed by atoms with Gasteiger partial charge in [0.15, 0.2) is 5.76 Å². The maximum Gasteiger partial charge on any atom is 0.401 e. The number of hydrogen-bond donors (Lipinski definition) is 0. The first kappa shape index (κ1) is 19.2. The molecule has 0 bridgehead atoms. The number of halogens is 4. The summed E-state index contributed by atoms with van der Waals surface area (Å²) in [6, 6.07) is 7.24. The molecule has 1 saturated heterocycles. The van der Waals surface area contributed by atoms with Gasteiger partial charge in [-0.1, -0.05) is 11.6 Å². The van der Waals surface area contributed by atoms with E-state index in [2.05, 4.69) is 9.88 Å². The van der Waals surface area contributed by atoms with E-state index in [-0.39, 0.29) is 6.04 Å². The molecule has 4 nitrogen and oxygen atoms in total. The van der Waals surface area contributed by atoms with E-state index in [9.17, 15) is 13.2 Å². The highest BCUT2D eigenvalue weighted by atomic mass is 35.5. The molecule has 0 N–H and O–H groups in total. The van der Waals surface area contributed by atoms with E-state index in [1.165, 1.54) is 4.90 Å². The third-order valence-electron chi connectivity index (χ3n) is 4.63. The first-order chi connectivity index (χ1) is 12.2. The Bertz CT molecular complexity index is 737. The molecule has 8 heteroatoms. The number of alkyl halides is 3. The van der Waals surface area contributed by atoms with Crippen LogP contribution in [-0.2, 0) is 0 Å². The van der Waals surface area contributed by atoms with Crippen molar-refractivity contribution in [3.05, 3.63) is 40.9 Å². The molecular weight excluding hydrogens is 367 g/mol. The predicted molar refractivity (Wildman–Crippen MR) is 94.2 cm³/mol. The van der Waals surface area contributed by atoms with Crippen molar-refractivity contribution in [2.45, 2.75) is 26.1 Å². The van der Waals surface area contributed by atoms with E-state index in [1.807, 2.05) is 26.0 Å². The van der Waals surface area contributed by atoms with E-state index >= 15 is 0 Å². The molecule has 1 unspecified atom stereocenters. The normalized spacial score (nSPS) is 18.2. The van der Waals surface area contributed by atoms with Crippen molar-refractivity contribution in [2.24, 2.45) is 0 Å². The van der Waals surface area contributed by atoms with Crippen molar-refractivity contribution in [3.63, 3.8) is 0 Å². The average molecular weight is 388 g/mol. The molecule has 142 valence electrons. The van der Waals surface area contributed by atoms with Gasteiger partial charge in [-0.3, -0.25) is 9.80 Å². The number of nitrogens with zero attached hydrogens (tertiary/aromatic N) is 3. The van der Waals surface area contributed by atoms with Gasteiger partial charge in [-0.05, 0) is 38.1 Å². The van der Waals surface area contributed by atoms with Crippen molar-refractivity contribution < 1.29 is 17.6 Å². The van der Waals surface area contributed by atoms with Gasteiger partial charge in [-0.15, -0.1) is 0 Å². The van der Waals surface area contributed by atoms with Crippen molar-refractivity contribution in [3.8, 4) is 11.3 Å². The van der Waals surface area contributed by atoms with Crippen LogP contribution >= 0.6 is 11.6 Å². The van der Waals surface area contributed by atoms with Crippen LogP contribution < -0.4 is 0 Å². The molecule has 0 amide bonds.